The molecule has 1 N–H and O–H groups in total. The lowest BCUT2D eigenvalue weighted by Crippen LogP contribution is -2.42. The average molecular weight is 638 g/mol. The number of hydrogen-bond donors (Lipinski definition) is 1. The second-order valence-corrected chi connectivity index (χ2v) is 13.4. The summed E-state index contributed by atoms with van der Waals surface area (Å²) in [4.78, 5) is 41.5. The van der Waals surface area contributed by atoms with Gasteiger partial charge in [-0.3, -0.25) is 14.5 Å². The third-order valence-electron chi connectivity index (χ3n) is 8.35. The molecule has 2 aromatic carbocycles. The van der Waals surface area contributed by atoms with Gasteiger partial charge in [-0.15, -0.1) is 11.8 Å². The van der Waals surface area contributed by atoms with Gasteiger partial charge in [0.15, 0.2) is 5.78 Å². The van der Waals surface area contributed by atoms with E-state index >= 15 is 0 Å². The molecular weight excluding hydrogens is 603 g/mol. The summed E-state index contributed by atoms with van der Waals surface area (Å²) >= 11 is 13.9. The van der Waals surface area contributed by atoms with E-state index in [2.05, 4.69) is 14.9 Å². The number of nitrogens with zero attached hydrogens (tertiary/aromatic N) is 3. The number of pyridine rings is 1. The molecule has 224 valence electrons. The standard InChI is InChI=1S/C33H34Cl2N4O3S/c34-24-10-11-26-27(21-36-28(26)18-24)32-33(43-25-6-2-1-3-7-25,29(40)8-4-5-13-38-14-16-42-17-15-38)19-31(41)39(32)22-23-9-12-30(35)37-20-23/h1-3,6-7,9-12,18,20-21,32,36H,4-5,8,13-17,19,22H2/t32-,33-/m0/s1. The molecule has 0 spiro atoms. The smallest absolute Gasteiger partial charge is 0.225 e. The predicted molar refractivity (Wildman–Crippen MR) is 172 cm³/mol. The fraction of sp³-hybridized carbons (Fsp3) is 0.364. The second-order valence-electron chi connectivity index (χ2n) is 11.2. The Bertz CT molecular complexity index is 1580. The molecule has 0 aliphatic carbocycles. The van der Waals surface area contributed by atoms with Crippen molar-refractivity contribution < 1.29 is 14.3 Å². The number of ketones is 1. The second kappa shape index (κ2) is 13.4. The lowest BCUT2D eigenvalue weighted by Gasteiger charge is -2.36. The van der Waals surface area contributed by atoms with E-state index < -0.39 is 10.8 Å². The quantitative estimate of drug-likeness (QED) is 0.142. The number of benzene rings is 2. The van der Waals surface area contributed by atoms with Gasteiger partial charge >= 0.3 is 0 Å². The minimum atomic E-state index is -1.02. The Kier molecular flexibility index (Phi) is 9.40. The first-order chi connectivity index (χ1) is 20.9. The maximum atomic E-state index is 14.6. The molecule has 2 aliphatic rings. The van der Waals surface area contributed by atoms with Gasteiger partial charge in [0.2, 0.25) is 5.91 Å². The van der Waals surface area contributed by atoms with Crippen molar-refractivity contribution in [1.82, 2.24) is 19.8 Å². The van der Waals surface area contributed by atoms with Gasteiger partial charge in [0.25, 0.3) is 0 Å². The summed E-state index contributed by atoms with van der Waals surface area (Å²) in [6.07, 6.45) is 5.82. The summed E-state index contributed by atoms with van der Waals surface area (Å²) in [7, 11) is 0. The zero-order valence-corrected chi connectivity index (χ0v) is 26.1. The number of H-pyrrole nitrogens is 1. The highest BCUT2D eigenvalue weighted by molar-refractivity contribution is 8.01. The van der Waals surface area contributed by atoms with Crippen LogP contribution < -0.4 is 0 Å². The molecule has 4 heterocycles. The van der Waals surface area contributed by atoms with E-state index in [1.54, 1.807) is 12.3 Å². The topological polar surface area (TPSA) is 78.5 Å². The monoisotopic (exact) mass is 636 g/mol. The normalized spacial score (nSPS) is 21.1. The summed E-state index contributed by atoms with van der Waals surface area (Å²) in [5.74, 6) is 0.0371. The maximum Gasteiger partial charge on any atom is 0.225 e. The number of carbonyl (C=O) groups excluding carboxylic acids is 2. The molecule has 4 aromatic rings. The first kappa shape index (κ1) is 30.2. The zero-order chi connectivity index (χ0) is 29.8. The molecule has 1 amide bonds. The molecule has 2 saturated heterocycles. The summed E-state index contributed by atoms with van der Waals surface area (Å²) < 4.78 is 4.46. The number of rotatable bonds is 11. The number of nitrogens with one attached hydrogen (secondary N) is 1. The van der Waals surface area contributed by atoms with Crippen LogP contribution in [0.3, 0.4) is 0 Å². The molecular formula is C33H34Cl2N4O3S. The minimum absolute atomic E-state index is 0.0617. The van der Waals surface area contributed by atoms with Crippen LogP contribution in [-0.2, 0) is 20.9 Å². The fourth-order valence-electron chi connectivity index (χ4n) is 6.22. The van der Waals surface area contributed by atoms with E-state index in [9.17, 15) is 9.59 Å². The third-order valence-corrected chi connectivity index (χ3v) is 10.3. The molecule has 2 atom stereocenters. The van der Waals surface area contributed by atoms with Crippen molar-refractivity contribution in [3.8, 4) is 0 Å². The van der Waals surface area contributed by atoms with Crippen LogP contribution >= 0.6 is 35.0 Å². The Balaban J connectivity index is 1.38. The Morgan fingerprint density at radius 3 is 2.65 bits per heavy atom. The largest absolute Gasteiger partial charge is 0.379 e. The Morgan fingerprint density at radius 2 is 1.88 bits per heavy atom. The minimum Gasteiger partial charge on any atom is -0.379 e. The number of amides is 1. The molecule has 2 fully saturated rings. The number of ether oxygens (including phenoxy) is 1. The van der Waals surface area contributed by atoms with E-state index in [-0.39, 0.29) is 18.1 Å². The summed E-state index contributed by atoms with van der Waals surface area (Å²) in [6.45, 7) is 4.63. The number of morpholine rings is 1. The molecule has 0 saturated carbocycles. The van der Waals surface area contributed by atoms with Crippen molar-refractivity contribution in [3.63, 3.8) is 0 Å². The van der Waals surface area contributed by atoms with Crippen molar-refractivity contribution in [1.29, 1.82) is 0 Å². The Morgan fingerprint density at radius 1 is 1.07 bits per heavy atom. The van der Waals surface area contributed by atoms with Crippen molar-refractivity contribution in [3.05, 3.63) is 94.4 Å². The van der Waals surface area contributed by atoms with Crippen molar-refractivity contribution >= 4 is 57.6 Å². The number of likely N-dealkylation sites (tertiary alicyclic amines) is 1. The van der Waals surface area contributed by atoms with Crippen LogP contribution in [0.15, 0.2) is 78.0 Å². The highest BCUT2D eigenvalue weighted by Gasteiger charge is 2.57. The molecule has 10 heteroatoms. The van der Waals surface area contributed by atoms with Gasteiger partial charge in [-0.25, -0.2) is 4.98 Å². The van der Waals surface area contributed by atoms with Gasteiger partial charge in [-0.05, 0) is 55.3 Å². The van der Waals surface area contributed by atoms with E-state index in [1.165, 1.54) is 11.8 Å². The molecule has 2 aliphatic heterocycles. The Hall–Kier alpha value is -2.88. The van der Waals surface area contributed by atoms with E-state index in [4.69, 9.17) is 27.9 Å². The van der Waals surface area contributed by atoms with Gasteiger partial charge in [-0.1, -0.05) is 53.5 Å². The number of hydrogen-bond acceptors (Lipinski definition) is 6. The van der Waals surface area contributed by atoms with Crippen LogP contribution in [0.25, 0.3) is 10.9 Å². The fourth-order valence-corrected chi connectivity index (χ4v) is 7.99. The molecule has 0 radical (unpaired) electrons. The highest BCUT2D eigenvalue weighted by atomic mass is 35.5. The van der Waals surface area contributed by atoms with Gasteiger partial charge < -0.3 is 14.6 Å². The zero-order valence-electron chi connectivity index (χ0n) is 23.8. The highest BCUT2D eigenvalue weighted by Crippen LogP contribution is 2.55. The molecule has 0 unspecified atom stereocenters. The summed E-state index contributed by atoms with van der Waals surface area (Å²) in [5, 5.41) is 1.96. The first-order valence-electron chi connectivity index (χ1n) is 14.7. The van der Waals surface area contributed by atoms with E-state index in [1.807, 2.05) is 65.7 Å². The van der Waals surface area contributed by atoms with Crippen LogP contribution in [0.5, 0.6) is 0 Å². The number of halogens is 2. The van der Waals surface area contributed by atoms with Gasteiger partial charge in [0.05, 0.1) is 25.7 Å². The molecule has 0 bridgehead atoms. The van der Waals surface area contributed by atoms with Gasteiger partial charge in [0, 0.05) is 64.8 Å². The van der Waals surface area contributed by atoms with Crippen molar-refractivity contribution in [2.24, 2.45) is 0 Å². The van der Waals surface area contributed by atoms with Crippen molar-refractivity contribution in [2.75, 3.05) is 32.8 Å². The molecule has 2 aromatic heterocycles. The summed E-state index contributed by atoms with van der Waals surface area (Å²) in [6, 6.07) is 18.7. The Labute approximate surface area is 265 Å². The van der Waals surface area contributed by atoms with Crippen LogP contribution in [0.1, 0.15) is 42.9 Å². The summed E-state index contributed by atoms with van der Waals surface area (Å²) in [5.41, 5.74) is 2.63. The van der Waals surface area contributed by atoms with E-state index in [0.29, 0.717) is 23.1 Å². The lowest BCUT2D eigenvalue weighted by molar-refractivity contribution is -0.129. The average Bonchev–Trinajstić information content (AvgIpc) is 3.54. The van der Waals surface area contributed by atoms with Crippen LogP contribution in [0.4, 0.5) is 0 Å². The third kappa shape index (κ3) is 6.64. The van der Waals surface area contributed by atoms with Gasteiger partial charge in [-0.2, -0.15) is 0 Å². The molecule has 43 heavy (non-hydrogen) atoms. The number of thioether (sulfide) groups is 1. The molecule has 6 rings (SSSR count). The number of aromatic nitrogens is 2. The molecule has 7 nitrogen and oxygen atoms in total. The van der Waals surface area contributed by atoms with Crippen LogP contribution in [0, 0.1) is 0 Å². The first-order valence-corrected chi connectivity index (χ1v) is 16.2. The number of aromatic amines is 1. The number of carbonyl (C=O) groups is 2. The SMILES string of the molecule is O=C1C[C@](Sc2ccccc2)(C(=O)CCCCN2CCOCC2)[C@H](c2c[nH]c3cc(Cl)ccc23)N1Cc1ccc(Cl)nc1. The van der Waals surface area contributed by atoms with Crippen molar-refractivity contribution in [2.45, 2.75) is 47.9 Å². The van der Waals surface area contributed by atoms with E-state index in [0.717, 1.165) is 72.6 Å². The maximum absolute atomic E-state index is 14.6. The number of fused-ring (bicyclic) bond motifs is 1. The van der Waals surface area contributed by atoms with Gasteiger partial charge in [0.1, 0.15) is 9.90 Å². The van der Waals surface area contributed by atoms with Crippen LogP contribution in [-0.4, -0.2) is 69.1 Å². The predicted octanol–water partition coefficient (Wildman–Crippen LogP) is 6.95. The number of unbranched alkanes of at least 4 members (excludes halogenated alkanes) is 1. The number of Topliss-reactive ketones (excluding diaryl/α,β-unsaturated/α-hetero) is 1. The van der Waals surface area contributed by atoms with Crippen LogP contribution in [0.2, 0.25) is 10.2 Å². The lowest BCUT2D eigenvalue weighted by atomic mass is 9.86.